The number of benzene rings is 1. The average molecular weight is 200 g/mol. The summed E-state index contributed by atoms with van der Waals surface area (Å²) in [6.45, 7) is 0. The van der Waals surface area contributed by atoms with E-state index >= 15 is 0 Å². The standard InChI is InChI=1S/C8H8O2S2/c9-8(10)7-3-1-6(2-4-7)5-12-11/h1-4,11H,5H2,(H,9,10). The monoisotopic (exact) mass is 200 g/mol. The molecule has 0 aliphatic carbocycles. The van der Waals surface area contributed by atoms with E-state index in [0.29, 0.717) is 5.56 Å². The van der Waals surface area contributed by atoms with Crippen molar-refractivity contribution >= 4 is 28.4 Å². The number of carbonyl (C=O) groups is 1. The highest BCUT2D eigenvalue weighted by molar-refractivity contribution is 8.68. The largest absolute Gasteiger partial charge is 0.478 e. The van der Waals surface area contributed by atoms with Crippen molar-refractivity contribution < 1.29 is 9.90 Å². The minimum Gasteiger partial charge on any atom is -0.478 e. The molecule has 0 aromatic heterocycles. The molecule has 0 spiro atoms. The first-order chi connectivity index (χ1) is 5.74. The fraction of sp³-hybridized carbons (Fsp3) is 0.125. The molecule has 1 rings (SSSR count). The van der Waals surface area contributed by atoms with Crippen LogP contribution in [0.4, 0.5) is 0 Å². The van der Waals surface area contributed by atoms with Crippen molar-refractivity contribution in [2.24, 2.45) is 0 Å². The van der Waals surface area contributed by atoms with Crippen LogP contribution in [0.1, 0.15) is 15.9 Å². The lowest BCUT2D eigenvalue weighted by Crippen LogP contribution is -1.95. The van der Waals surface area contributed by atoms with Crippen LogP contribution in [0.3, 0.4) is 0 Å². The van der Waals surface area contributed by atoms with Crippen LogP contribution in [0.15, 0.2) is 24.3 Å². The molecule has 0 aliphatic rings. The molecule has 0 bridgehead atoms. The van der Waals surface area contributed by atoms with E-state index < -0.39 is 5.97 Å². The number of carboxylic acids is 1. The van der Waals surface area contributed by atoms with Crippen molar-refractivity contribution in [3.8, 4) is 0 Å². The summed E-state index contributed by atoms with van der Waals surface area (Å²) in [6, 6.07) is 6.79. The van der Waals surface area contributed by atoms with E-state index in [-0.39, 0.29) is 0 Å². The van der Waals surface area contributed by atoms with Gasteiger partial charge in [0.25, 0.3) is 0 Å². The lowest BCUT2D eigenvalue weighted by atomic mass is 10.1. The van der Waals surface area contributed by atoms with Crippen LogP contribution in [-0.2, 0) is 5.75 Å². The van der Waals surface area contributed by atoms with E-state index in [0.717, 1.165) is 11.3 Å². The summed E-state index contributed by atoms with van der Waals surface area (Å²) < 4.78 is 0. The van der Waals surface area contributed by atoms with E-state index in [9.17, 15) is 4.79 Å². The van der Waals surface area contributed by atoms with E-state index in [1.165, 1.54) is 10.8 Å². The molecule has 0 atom stereocenters. The van der Waals surface area contributed by atoms with Gasteiger partial charge in [-0.3, -0.25) is 0 Å². The van der Waals surface area contributed by atoms with Gasteiger partial charge in [-0.25, -0.2) is 4.79 Å². The van der Waals surface area contributed by atoms with Crippen molar-refractivity contribution in [1.29, 1.82) is 0 Å². The normalized spacial score (nSPS) is 9.75. The zero-order valence-corrected chi connectivity index (χ0v) is 7.94. The summed E-state index contributed by atoms with van der Waals surface area (Å²) in [7, 11) is 1.42. The van der Waals surface area contributed by atoms with Crippen LogP contribution in [0, 0.1) is 0 Å². The highest BCUT2D eigenvalue weighted by atomic mass is 33.1. The molecular weight excluding hydrogens is 192 g/mol. The Morgan fingerprint density at radius 1 is 1.42 bits per heavy atom. The second-order valence-corrected chi connectivity index (χ2v) is 3.60. The van der Waals surface area contributed by atoms with Crippen molar-refractivity contribution in [3.63, 3.8) is 0 Å². The molecule has 0 heterocycles. The first kappa shape index (κ1) is 9.48. The van der Waals surface area contributed by atoms with E-state index in [1.807, 2.05) is 0 Å². The van der Waals surface area contributed by atoms with E-state index in [2.05, 4.69) is 11.7 Å². The molecule has 0 unspecified atom stereocenters. The molecule has 0 fully saturated rings. The number of rotatable bonds is 3. The second kappa shape index (κ2) is 4.42. The third-order valence-electron chi connectivity index (χ3n) is 1.43. The van der Waals surface area contributed by atoms with Gasteiger partial charge < -0.3 is 5.11 Å². The Kier molecular flexibility index (Phi) is 3.49. The quantitative estimate of drug-likeness (QED) is 0.581. The summed E-state index contributed by atoms with van der Waals surface area (Å²) in [5, 5.41) is 8.59. The highest BCUT2D eigenvalue weighted by Crippen LogP contribution is 2.15. The van der Waals surface area contributed by atoms with E-state index in [4.69, 9.17) is 5.11 Å². The van der Waals surface area contributed by atoms with Gasteiger partial charge in [0.05, 0.1) is 5.56 Å². The minimum atomic E-state index is -0.889. The predicted molar refractivity (Wildman–Crippen MR) is 53.7 cm³/mol. The van der Waals surface area contributed by atoms with Gasteiger partial charge >= 0.3 is 5.97 Å². The number of hydrogen-bond donors (Lipinski definition) is 2. The molecule has 1 aromatic rings. The molecule has 0 saturated heterocycles. The summed E-state index contributed by atoms with van der Waals surface area (Å²) in [5.74, 6) is -0.0942. The SMILES string of the molecule is O=C(O)c1ccc(CSS)cc1. The Hall–Kier alpha value is -0.610. The Morgan fingerprint density at radius 3 is 2.42 bits per heavy atom. The van der Waals surface area contributed by atoms with Crippen molar-refractivity contribution in [3.05, 3.63) is 35.4 Å². The molecule has 0 aliphatic heterocycles. The van der Waals surface area contributed by atoms with Gasteiger partial charge in [0.15, 0.2) is 0 Å². The highest BCUT2D eigenvalue weighted by Gasteiger charge is 2.00. The zero-order chi connectivity index (χ0) is 8.97. The van der Waals surface area contributed by atoms with Gasteiger partial charge in [-0.1, -0.05) is 22.9 Å². The summed E-state index contributed by atoms with van der Waals surface area (Å²) >= 11 is 4.00. The van der Waals surface area contributed by atoms with Crippen LogP contribution in [0.5, 0.6) is 0 Å². The maximum Gasteiger partial charge on any atom is 0.335 e. The van der Waals surface area contributed by atoms with Gasteiger partial charge in [0.2, 0.25) is 0 Å². The van der Waals surface area contributed by atoms with Gasteiger partial charge in [0.1, 0.15) is 0 Å². The molecule has 2 nitrogen and oxygen atoms in total. The fourth-order valence-corrected chi connectivity index (χ4v) is 1.61. The average Bonchev–Trinajstić information content (AvgIpc) is 2.06. The number of carboxylic acid groups (broad SMARTS) is 1. The molecule has 0 radical (unpaired) electrons. The Balaban J connectivity index is 2.78. The van der Waals surface area contributed by atoms with Gasteiger partial charge in [0, 0.05) is 5.75 Å². The molecule has 1 aromatic carbocycles. The van der Waals surface area contributed by atoms with Crippen molar-refractivity contribution in [1.82, 2.24) is 0 Å². The number of thiol groups is 1. The van der Waals surface area contributed by atoms with Crippen molar-refractivity contribution in [2.75, 3.05) is 0 Å². The summed E-state index contributed by atoms with van der Waals surface area (Å²) in [6.07, 6.45) is 0. The van der Waals surface area contributed by atoms with E-state index in [1.54, 1.807) is 24.3 Å². The third kappa shape index (κ3) is 2.46. The Bertz CT molecular complexity index is 269. The third-order valence-corrected chi connectivity index (χ3v) is 2.28. The van der Waals surface area contributed by atoms with Crippen LogP contribution in [-0.4, -0.2) is 11.1 Å². The Labute approximate surface area is 79.8 Å². The maximum absolute atomic E-state index is 10.4. The minimum absolute atomic E-state index is 0.322. The van der Waals surface area contributed by atoms with Gasteiger partial charge in [-0.05, 0) is 17.7 Å². The Morgan fingerprint density at radius 2 is 2.00 bits per heavy atom. The zero-order valence-electron chi connectivity index (χ0n) is 6.23. The topological polar surface area (TPSA) is 37.3 Å². The van der Waals surface area contributed by atoms with Crippen LogP contribution >= 0.6 is 22.5 Å². The number of hydrogen-bond acceptors (Lipinski definition) is 3. The molecule has 0 saturated carbocycles. The van der Waals surface area contributed by atoms with Crippen molar-refractivity contribution in [2.45, 2.75) is 5.75 Å². The first-order valence-electron chi connectivity index (χ1n) is 3.32. The van der Waals surface area contributed by atoms with Gasteiger partial charge in [-0.15, -0.1) is 11.7 Å². The summed E-state index contributed by atoms with van der Waals surface area (Å²) in [4.78, 5) is 10.4. The molecule has 1 N–H and O–H groups in total. The maximum atomic E-state index is 10.4. The molecule has 4 heteroatoms. The first-order valence-corrected chi connectivity index (χ1v) is 5.36. The van der Waals surface area contributed by atoms with Crippen LogP contribution in [0.2, 0.25) is 0 Å². The fourth-order valence-electron chi connectivity index (χ4n) is 0.818. The lowest BCUT2D eigenvalue weighted by Gasteiger charge is -1.97. The molecule has 64 valence electrons. The van der Waals surface area contributed by atoms with Crippen LogP contribution in [0.25, 0.3) is 0 Å². The molecular formula is C8H8O2S2. The lowest BCUT2D eigenvalue weighted by molar-refractivity contribution is 0.0697. The van der Waals surface area contributed by atoms with Crippen LogP contribution < -0.4 is 0 Å². The predicted octanol–water partition coefficient (Wildman–Crippen LogP) is 2.46. The number of aromatic carboxylic acids is 1. The second-order valence-electron chi connectivity index (χ2n) is 2.28. The summed E-state index contributed by atoms with van der Waals surface area (Å²) in [5.41, 5.74) is 1.41. The molecule has 12 heavy (non-hydrogen) atoms. The smallest absolute Gasteiger partial charge is 0.335 e. The molecule has 0 amide bonds. The van der Waals surface area contributed by atoms with Gasteiger partial charge in [-0.2, -0.15) is 0 Å².